The van der Waals surface area contributed by atoms with Crippen molar-refractivity contribution < 1.29 is 9.13 Å². The minimum absolute atomic E-state index is 0.127. The minimum Gasteiger partial charge on any atom is -0.366 e. The highest BCUT2D eigenvalue weighted by Gasteiger charge is 2.57. The van der Waals surface area contributed by atoms with Gasteiger partial charge in [-0.15, -0.1) is 0 Å². The van der Waals surface area contributed by atoms with Crippen LogP contribution < -0.4 is 0 Å². The van der Waals surface area contributed by atoms with Crippen LogP contribution in [-0.4, -0.2) is 17.4 Å². The van der Waals surface area contributed by atoms with Crippen LogP contribution >= 0.6 is 0 Å². The highest BCUT2D eigenvalue weighted by atomic mass is 19.1. The minimum atomic E-state index is -1.02. The second-order valence-corrected chi connectivity index (χ2v) is 4.95. The van der Waals surface area contributed by atoms with Gasteiger partial charge in [0.15, 0.2) is 0 Å². The molecule has 0 aromatic heterocycles. The molecule has 2 heteroatoms. The molecule has 70 valence electrons. The first kappa shape index (κ1) is 8.49. The van der Waals surface area contributed by atoms with E-state index in [-0.39, 0.29) is 11.5 Å². The second-order valence-electron chi connectivity index (χ2n) is 4.95. The lowest BCUT2D eigenvalue weighted by atomic mass is 9.76. The summed E-state index contributed by atoms with van der Waals surface area (Å²) in [6, 6.07) is 0. The van der Waals surface area contributed by atoms with E-state index >= 15 is 0 Å². The molecule has 0 radical (unpaired) electrons. The molecule has 1 aliphatic carbocycles. The Morgan fingerprint density at radius 1 is 1.50 bits per heavy atom. The largest absolute Gasteiger partial charge is 0.366 e. The first-order valence-electron chi connectivity index (χ1n) is 4.78. The first-order valence-corrected chi connectivity index (χ1v) is 4.78. The van der Waals surface area contributed by atoms with Crippen LogP contribution in [0.1, 0.15) is 40.0 Å². The molecule has 0 amide bonds. The zero-order valence-electron chi connectivity index (χ0n) is 8.06. The summed E-state index contributed by atoms with van der Waals surface area (Å²) in [7, 11) is 0. The van der Waals surface area contributed by atoms with E-state index in [9.17, 15) is 4.39 Å². The van der Waals surface area contributed by atoms with Crippen molar-refractivity contribution >= 4 is 0 Å². The van der Waals surface area contributed by atoms with E-state index in [1.807, 2.05) is 0 Å². The van der Waals surface area contributed by atoms with Gasteiger partial charge in [-0.05, 0) is 46.0 Å². The molecule has 3 atom stereocenters. The van der Waals surface area contributed by atoms with Crippen molar-refractivity contribution in [2.75, 3.05) is 0 Å². The fourth-order valence-corrected chi connectivity index (χ4v) is 2.27. The van der Waals surface area contributed by atoms with E-state index in [0.717, 1.165) is 19.3 Å². The number of alkyl halides is 1. The van der Waals surface area contributed by atoms with Gasteiger partial charge in [-0.1, -0.05) is 0 Å². The highest BCUT2D eigenvalue weighted by Crippen LogP contribution is 2.51. The van der Waals surface area contributed by atoms with E-state index in [2.05, 4.69) is 6.92 Å². The summed E-state index contributed by atoms with van der Waals surface area (Å²) in [4.78, 5) is 0. The Morgan fingerprint density at radius 3 is 2.67 bits per heavy atom. The quantitative estimate of drug-likeness (QED) is 0.554. The van der Waals surface area contributed by atoms with Gasteiger partial charge in [0, 0.05) is 0 Å². The van der Waals surface area contributed by atoms with Crippen LogP contribution in [-0.2, 0) is 4.74 Å². The molecule has 0 aromatic rings. The fraction of sp³-hybridized carbons (Fsp3) is 1.00. The topological polar surface area (TPSA) is 12.5 Å². The van der Waals surface area contributed by atoms with Crippen LogP contribution in [0.3, 0.4) is 0 Å². The lowest BCUT2D eigenvalue weighted by Crippen LogP contribution is -2.33. The number of ether oxygens (including phenoxy) is 1. The molecule has 1 heterocycles. The first-order chi connectivity index (χ1) is 5.42. The third-order valence-corrected chi connectivity index (χ3v) is 3.49. The molecule has 12 heavy (non-hydrogen) atoms. The third-order valence-electron chi connectivity index (χ3n) is 3.49. The summed E-state index contributed by atoms with van der Waals surface area (Å²) in [6.45, 7) is 5.50. The molecule has 0 spiro atoms. The molecule has 0 N–H and O–H groups in total. The van der Waals surface area contributed by atoms with Crippen LogP contribution in [0.15, 0.2) is 0 Å². The van der Waals surface area contributed by atoms with E-state index < -0.39 is 5.67 Å². The molecule has 1 aliphatic heterocycles. The van der Waals surface area contributed by atoms with Gasteiger partial charge in [0.1, 0.15) is 5.67 Å². The Kier molecular flexibility index (Phi) is 1.57. The molecular weight excluding hydrogens is 155 g/mol. The van der Waals surface area contributed by atoms with Crippen LogP contribution in [0.4, 0.5) is 4.39 Å². The van der Waals surface area contributed by atoms with E-state index in [1.54, 1.807) is 13.8 Å². The second kappa shape index (κ2) is 2.22. The van der Waals surface area contributed by atoms with Gasteiger partial charge in [0.2, 0.25) is 0 Å². The van der Waals surface area contributed by atoms with Crippen molar-refractivity contribution in [2.45, 2.75) is 57.4 Å². The predicted octanol–water partition coefficient (Wildman–Crippen LogP) is 2.69. The van der Waals surface area contributed by atoms with Crippen LogP contribution in [0.2, 0.25) is 0 Å². The van der Waals surface area contributed by atoms with E-state index in [1.165, 1.54) is 0 Å². The number of epoxide rings is 1. The fourth-order valence-electron chi connectivity index (χ4n) is 2.27. The number of rotatable bonds is 1. The van der Waals surface area contributed by atoms with Crippen LogP contribution in [0, 0.1) is 5.92 Å². The SMILES string of the molecule is CC12CC[C@H](C(C)(C)F)CC1O2. The summed E-state index contributed by atoms with van der Waals surface area (Å²) in [6.07, 6.45) is 3.29. The van der Waals surface area contributed by atoms with Crippen molar-refractivity contribution in [1.29, 1.82) is 0 Å². The smallest absolute Gasteiger partial charge is 0.108 e. The van der Waals surface area contributed by atoms with Gasteiger partial charge in [0.05, 0.1) is 11.7 Å². The Morgan fingerprint density at radius 2 is 2.17 bits per heavy atom. The summed E-state index contributed by atoms with van der Waals surface area (Å²) in [5.74, 6) is 0.207. The zero-order valence-corrected chi connectivity index (χ0v) is 8.06. The van der Waals surface area contributed by atoms with Crippen LogP contribution in [0.25, 0.3) is 0 Å². The molecule has 1 saturated carbocycles. The molecule has 2 unspecified atom stereocenters. The summed E-state index contributed by atoms with van der Waals surface area (Å²) < 4.78 is 19.1. The van der Waals surface area contributed by atoms with Gasteiger partial charge in [-0.2, -0.15) is 0 Å². The van der Waals surface area contributed by atoms with Crippen LogP contribution in [0.5, 0.6) is 0 Å². The standard InChI is InChI=1S/C10H17FO/c1-9(2,11)7-4-5-10(3)8(6-7)12-10/h7-8H,4-6H2,1-3H3/t7-,8?,10?/m0/s1. The molecule has 2 rings (SSSR count). The molecular formula is C10H17FO. The Hall–Kier alpha value is -0.110. The lowest BCUT2D eigenvalue weighted by Gasteiger charge is -2.30. The van der Waals surface area contributed by atoms with Crippen molar-refractivity contribution in [3.63, 3.8) is 0 Å². The van der Waals surface area contributed by atoms with Crippen molar-refractivity contribution in [2.24, 2.45) is 5.92 Å². The maximum Gasteiger partial charge on any atom is 0.108 e. The maximum absolute atomic E-state index is 13.5. The van der Waals surface area contributed by atoms with Gasteiger partial charge in [-0.3, -0.25) is 0 Å². The number of hydrogen-bond acceptors (Lipinski definition) is 1. The summed E-state index contributed by atoms with van der Waals surface area (Å²) in [5.41, 5.74) is -0.894. The molecule has 1 saturated heterocycles. The van der Waals surface area contributed by atoms with Gasteiger partial charge in [0.25, 0.3) is 0 Å². The average molecular weight is 172 g/mol. The molecule has 0 bridgehead atoms. The van der Waals surface area contributed by atoms with Gasteiger partial charge in [-0.25, -0.2) is 4.39 Å². The summed E-state index contributed by atoms with van der Waals surface area (Å²) in [5, 5.41) is 0. The van der Waals surface area contributed by atoms with Crippen molar-refractivity contribution in [3.8, 4) is 0 Å². The van der Waals surface area contributed by atoms with E-state index in [4.69, 9.17) is 4.74 Å². The third kappa shape index (κ3) is 1.26. The Bertz CT molecular complexity index is 197. The molecule has 2 aliphatic rings. The van der Waals surface area contributed by atoms with Crippen molar-refractivity contribution in [3.05, 3.63) is 0 Å². The monoisotopic (exact) mass is 172 g/mol. The predicted molar refractivity (Wildman–Crippen MR) is 45.8 cm³/mol. The number of fused-ring (bicyclic) bond motifs is 1. The van der Waals surface area contributed by atoms with E-state index in [0.29, 0.717) is 6.10 Å². The average Bonchev–Trinajstić information content (AvgIpc) is 2.56. The Labute approximate surface area is 73.3 Å². The Balaban J connectivity index is 1.98. The molecule has 2 fully saturated rings. The maximum atomic E-state index is 13.5. The lowest BCUT2D eigenvalue weighted by molar-refractivity contribution is 0.0959. The van der Waals surface area contributed by atoms with Gasteiger partial charge >= 0.3 is 0 Å². The van der Waals surface area contributed by atoms with Gasteiger partial charge < -0.3 is 4.74 Å². The molecule has 0 aromatic carbocycles. The number of hydrogen-bond donors (Lipinski definition) is 0. The molecule has 1 nitrogen and oxygen atoms in total. The van der Waals surface area contributed by atoms with Crippen molar-refractivity contribution in [1.82, 2.24) is 0 Å². The summed E-state index contributed by atoms with van der Waals surface area (Å²) >= 11 is 0. The number of halogens is 1. The highest BCUT2D eigenvalue weighted by molar-refractivity contribution is 5.05. The zero-order chi connectivity index (χ0) is 8.98. The normalized spacial score (nSPS) is 47.0.